The number of anilines is 1. The molecule has 0 aromatic heterocycles. The van der Waals surface area contributed by atoms with Gasteiger partial charge in [-0.1, -0.05) is 48.0 Å². The molecule has 3 rings (SSSR count). The van der Waals surface area contributed by atoms with E-state index in [0.717, 1.165) is 30.6 Å². The summed E-state index contributed by atoms with van der Waals surface area (Å²) in [6, 6.07) is 16.6. The number of hydrogen-bond donors (Lipinski definition) is 1. The van der Waals surface area contributed by atoms with E-state index in [-0.39, 0.29) is 12.1 Å². The number of nitrogens with zero attached hydrogens (tertiary/aromatic N) is 1. The van der Waals surface area contributed by atoms with Gasteiger partial charge < -0.3 is 10.2 Å². The van der Waals surface area contributed by atoms with Gasteiger partial charge in [0.15, 0.2) is 0 Å². The minimum Gasteiger partial charge on any atom is -0.317 e. The van der Waals surface area contributed by atoms with Crippen LogP contribution in [0.1, 0.15) is 35.6 Å². The molecule has 1 aliphatic rings. The van der Waals surface area contributed by atoms with Crippen LogP contribution in [0.2, 0.25) is 0 Å². The normalized spacial score (nSPS) is 17.5. The third-order valence-corrected chi connectivity index (χ3v) is 4.36. The molecule has 0 spiro atoms. The molecule has 2 aromatic rings. The Kier molecular flexibility index (Phi) is 4.14. The number of likely N-dealkylation sites (tertiary alicyclic amines) is 1. The Morgan fingerprint density at radius 1 is 1.09 bits per heavy atom. The molecule has 1 heterocycles. The smallest absolute Gasteiger partial charge is 0.317 e. The summed E-state index contributed by atoms with van der Waals surface area (Å²) >= 11 is 0. The number of carbonyl (C=O) groups excluding carboxylic acids is 1. The van der Waals surface area contributed by atoms with Crippen LogP contribution in [0.3, 0.4) is 0 Å². The van der Waals surface area contributed by atoms with Gasteiger partial charge in [-0.15, -0.1) is 0 Å². The fraction of sp³-hybridized carbons (Fsp3) is 0.316. The zero-order valence-electron chi connectivity index (χ0n) is 13.2. The van der Waals surface area contributed by atoms with Crippen LogP contribution in [-0.4, -0.2) is 17.5 Å². The number of nitrogens with one attached hydrogen (secondary N) is 1. The SMILES string of the molecule is Cc1ccc([C@H]2CCCN2C(=O)Nc2ccccc2C)cc1. The van der Waals surface area contributed by atoms with Gasteiger partial charge in [0.1, 0.15) is 0 Å². The lowest BCUT2D eigenvalue weighted by Gasteiger charge is -2.26. The molecule has 0 radical (unpaired) electrons. The van der Waals surface area contributed by atoms with Gasteiger partial charge in [-0.05, 0) is 43.9 Å². The summed E-state index contributed by atoms with van der Waals surface area (Å²) in [7, 11) is 0. The molecule has 1 fully saturated rings. The van der Waals surface area contributed by atoms with E-state index in [0.29, 0.717) is 0 Å². The maximum atomic E-state index is 12.6. The van der Waals surface area contributed by atoms with E-state index in [9.17, 15) is 4.79 Å². The van der Waals surface area contributed by atoms with Gasteiger partial charge in [-0.2, -0.15) is 0 Å². The maximum absolute atomic E-state index is 12.6. The third kappa shape index (κ3) is 2.98. The molecule has 3 nitrogen and oxygen atoms in total. The van der Waals surface area contributed by atoms with Crippen molar-refractivity contribution < 1.29 is 4.79 Å². The highest BCUT2D eigenvalue weighted by atomic mass is 16.2. The molecule has 22 heavy (non-hydrogen) atoms. The number of benzene rings is 2. The fourth-order valence-electron chi connectivity index (χ4n) is 3.05. The van der Waals surface area contributed by atoms with E-state index in [4.69, 9.17) is 0 Å². The second-order valence-electron chi connectivity index (χ2n) is 6.01. The number of para-hydroxylation sites is 1. The molecule has 0 bridgehead atoms. The van der Waals surface area contributed by atoms with Crippen molar-refractivity contribution >= 4 is 11.7 Å². The number of amides is 2. The molecule has 0 aliphatic carbocycles. The summed E-state index contributed by atoms with van der Waals surface area (Å²) in [6.45, 7) is 4.91. The quantitative estimate of drug-likeness (QED) is 0.857. The Balaban J connectivity index is 1.76. The number of carbonyl (C=O) groups is 1. The standard InChI is InChI=1S/C19H22N2O/c1-14-9-11-16(12-10-14)18-8-5-13-21(18)19(22)20-17-7-4-3-6-15(17)2/h3-4,6-7,9-12,18H,5,8,13H2,1-2H3,(H,20,22)/t18-/m1/s1. The van der Waals surface area contributed by atoms with Crippen LogP contribution in [0.25, 0.3) is 0 Å². The minimum atomic E-state index is -0.00243. The second-order valence-corrected chi connectivity index (χ2v) is 6.01. The second kappa shape index (κ2) is 6.22. The largest absolute Gasteiger partial charge is 0.322 e. The number of aryl methyl sites for hydroxylation is 2. The zero-order chi connectivity index (χ0) is 15.5. The van der Waals surface area contributed by atoms with Crippen molar-refractivity contribution in [3.8, 4) is 0 Å². The lowest BCUT2D eigenvalue weighted by atomic mass is 10.0. The zero-order valence-corrected chi connectivity index (χ0v) is 13.2. The van der Waals surface area contributed by atoms with Crippen molar-refractivity contribution in [1.82, 2.24) is 4.90 Å². The Morgan fingerprint density at radius 3 is 2.55 bits per heavy atom. The molecular weight excluding hydrogens is 272 g/mol. The molecule has 1 atom stereocenters. The molecule has 2 aromatic carbocycles. The van der Waals surface area contributed by atoms with Crippen molar-refractivity contribution in [2.45, 2.75) is 32.7 Å². The van der Waals surface area contributed by atoms with E-state index in [1.807, 2.05) is 36.1 Å². The average molecular weight is 294 g/mol. The number of rotatable bonds is 2. The Morgan fingerprint density at radius 2 is 1.82 bits per heavy atom. The summed E-state index contributed by atoms with van der Waals surface area (Å²) in [4.78, 5) is 14.6. The first-order valence-electron chi connectivity index (χ1n) is 7.85. The van der Waals surface area contributed by atoms with Gasteiger partial charge in [0.2, 0.25) is 0 Å². The van der Waals surface area contributed by atoms with Crippen LogP contribution in [0.5, 0.6) is 0 Å². The highest BCUT2D eigenvalue weighted by molar-refractivity contribution is 5.90. The highest BCUT2D eigenvalue weighted by Crippen LogP contribution is 2.32. The van der Waals surface area contributed by atoms with Crippen molar-refractivity contribution in [2.75, 3.05) is 11.9 Å². The van der Waals surface area contributed by atoms with Gasteiger partial charge in [-0.3, -0.25) is 0 Å². The van der Waals surface area contributed by atoms with Crippen LogP contribution in [0.15, 0.2) is 48.5 Å². The first-order valence-corrected chi connectivity index (χ1v) is 7.85. The average Bonchev–Trinajstić information content (AvgIpc) is 3.00. The topological polar surface area (TPSA) is 32.3 Å². The molecule has 114 valence electrons. The van der Waals surface area contributed by atoms with Gasteiger partial charge in [-0.25, -0.2) is 4.79 Å². The summed E-state index contributed by atoms with van der Waals surface area (Å²) in [5.41, 5.74) is 4.45. The predicted octanol–water partition coefficient (Wildman–Crippen LogP) is 4.67. The van der Waals surface area contributed by atoms with E-state index in [1.54, 1.807) is 0 Å². The predicted molar refractivity (Wildman–Crippen MR) is 90.1 cm³/mol. The third-order valence-electron chi connectivity index (χ3n) is 4.36. The van der Waals surface area contributed by atoms with E-state index in [1.165, 1.54) is 11.1 Å². The number of urea groups is 1. The lowest BCUT2D eigenvalue weighted by molar-refractivity contribution is 0.207. The van der Waals surface area contributed by atoms with Gasteiger partial charge in [0.25, 0.3) is 0 Å². The molecule has 1 aliphatic heterocycles. The fourth-order valence-corrected chi connectivity index (χ4v) is 3.05. The van der Waals surface area contributed by atoms with Gasteiger partial charge >= 0.3 is 6.03 Å². The summed E-state index contributed by atoms with van der Waals surface area (Å²) in [5.74, 6) is 0. The van der Waals surface area contributed by atoms with Crippen molar-refractivity contribution in [3.05, 3.63) is 65.2 Å². The minimum absolute atomic E-state index is 0.00243. The first kappa shape index (κ1) is 14.6. The summed E-state index contributed by atoms with van der Waals surface area (Å²) in [5, 5.41) is 3.05. The van der Waals surface area contributed by atoms with Crippen molar-refractivity contribution in [1.29, 1.82) is 0 Å². The van der Waals surface area contributed by atoms with Crippen LogP contribution in [0, 0.1) is 13.8 Å². The van der Waals surface area contributed by atoms with Gasteiger partial charge in [0.05, 0.1) is 6.04 Å². The van der Waals surface area contributed by atoms with Crippen LogP contribution in [0.4, 0.5) is 10.5 Å². The Hall–Kier alpha value is -2.29. The van der Waals surface area contributed by atoms with Crippen LogP contribution < -0.4 is 5.32 Å². The molecular formula is C19H22N2O. The molecule has 0 unspecified atom stereocenters. The molecule has 1 saturated heterocycles. The monoisotopic (exact) mass is 294 g/mol. The van der Waals surface area contributed by atoms with E-state index < -0.39 is 0 Å². The number of hydrogen-bond acceptors (Lipinski definition) is 1. The summed E-state index contributed by atoms with van der Waals surface area (Å²) in [6.07, 6.45) is 2.09. The molecule has 2 amide bonds. The Bertz CT molecular complexity index is 663. The molecule has 0 saturated carbocycles. The van der Waals surface area contributed by atoms with E-state index in [2.05, 4.69) is 36.5 Å². The van der Waals surface area contributed by atoms with Crippen molar-refractivity contribution in [2.24, 2.45) is 0 Å². The lowest BCUT2D eigenvalue weighted by Crippen LogP contribution is -2.34. The van der Waals surface area contributed by atoms with Gasteiger partial charge in [0, 0.05) is 12.2 Å². The van der Waals surface area contributed by atoms with Crippen molar-refractivity contribution in [3.63, 3.8) is 0 Å². The van der Waals surface area contributed by atoms with Crippen LogP contribution in [-0.2, 0) is 0 Å². The van der Waals surface area contributed by atoms with Crippen LogP contribution >= 0.6 is 0 Å². The maximum Gasteiger partial charge on any atom is 0.322 e. The summed E-state index contributed by atoms with van der Waals surface area (Å²) < 4.78 is 0. The highest BCUT2D eigenvalue weighted by Gasteiger charge is 2.30. The Labute approximate surface area is 132 Å². The molecule has 3 heteroatoms. The molecule has 1 N–H and O–H groups in total. The first-order chi connectivity index (χ1) is 10.6. The van der Waals surface area contributed by atoms with E-state index >= 15 is 0 Å².